The second kappa shape index (κ2) is 13.4. The Labute approximate surface area is 231 Å². The molecule has 0 saturated carbocycles. The molecule has 0 saturated heterocycles. The van der Waals surface area contributed by atoms with E-state index in [4.69, 9.17) is 4.74 Å². The Hall–Kier alpha value is -3.75. The van der Waals surface area contributed by atoms with Gasteiger partial charge in [0.25, 0.3) is 0 Å². The minimum Gasteiger partial charge on any atom is -0.508 e. The quantitative estimate of drug-likeness (QED) is 0.319. The molecule has 0 heterocycles. The Kier molecular flexibility index (Phi) is 10.8. The molecule has 2 aromatic rings. The predicted octanol–water partition coefficient (Wildman–Crippen LogP) is 4.82. The SMILES string of the molecule is CCCCNC(=O)C(c1ccc(O)cc1)N(C(=O)C(Cc1ccc(O)cc1)NC(=O)OC(C)(C)C)C(C)(C)C. The van der Waals surface area contributed by atoms with Crippen LogP contribution in [-0.2, 0) is 20.7 Å². The second-order valence-electron chi connectivity index (χ2n) is 11.6. The number of unbranched alkanes of at least 4 members (excludes halogenated alkanes) is 1. The summed E-state index contributed by atoms with van der Waals surface area (Å²) in [7, 11) is 0. The normalized spacial score (nSPS) is 13.2. The van der Waals surface area contributed by atoms with Crippen LogP contribution in [0.25, 0.3) is 0 Å². The highest BCUT2D eigenvalue weighted by Crippen LogP contribution is 2.31. The zero-order valence-electron chi connectivity index (χ0n) is 24.1. The number of amides is 3. The number of phenolic OH excluding ortho intramolecular Hbond substituents is 2. The summed E-state index contributed by atoms with van der Waals surface area (Å²) in [5, 5.41) is 25.2. The minimum atomic E-state index is -1.08. The van der Waals surface area contributed by atoms with Crippen LogP contribution in [0.2, 0.25) is 0 Å². The molecule has 2 rings (SSSR count). The number of hydrogen-bond acceptors (Lipinski definition) is 6. The van der Waals surface area contributed by atoms with Gasteiger partial charge in [0.15, 0.2) is 0 Å². The largest absolute Gasteiger partial charge is 0.508 e. The Morgan fingerprint density at radius 2 is 1.44 bits per heavy atom. The maximum atomic E-state index is 14.4. The second-order valence-corrected chi connectivity index (χ2v) is 11.6. The van der Waals surface area contributed by atoms with Crippen molar-refractivity contribution in [2.45, 2.75) is 91.0 Å². The fourth-order valence-electron chi connectivity index (χ4n) is 4.09. The minimum absolute atomic E-state index is 0.0364. The fourth-order valence-corrected chi connectivity index (χ4v) is 4.09. The van der Waals surface area contributed by atoms with Gasteiger partial charge in [-0.2, -0.15) is 0 Å². The lowest BCUT2D eigenvalue weighted by Gasteiger charge is -2.43. The van der Waals surface area contributed by atoms with Crippen molar-refractivity contribution in [1.82, 2.24) is 15.5 Å². The van der Waals surface area contributed by atoms with Gasteiger partial charge >= 0.3 is 6.09 Å². The van der Waals surface area contributed by atoms with Gasteiger partial charge in [-0.3, -0.25) is 9.59 Å². The molecule has 4 N–H and O–H groups in total. The number of aromatic hydroxyl groups is 2. The lowest BCUT2D eigenvalue weighted by Crippen LogP contribution is -2.59. The molecule has 214 valence electrons. The lowest BCUT2D eigenvalue weighted by molar-refractivity contribution is -0.148. The Morgan fingerprint density at radius 3 is 1.92 bits per heavy atom. The molecule has 39 heavy (non-hydrogen) atoms. The molecule has 0 aromatic heterocycles. The van der Waals surface area contributed by atoms with Gasteiger partial charge in [-0.15, -0.1) is 0 Å². The Balaban J connectivity index is 2.57. The van der Waals surface area contributed by atoms with E-state index in [1.807, 2.05) is 27.7 Å². The van der Waals surface area contributed by atoms with Gasteiger partial charge in [-0.25, -0.2) is 4.79 Å². The summed E-state index contributed by atoms with van der Waals surface area (Å²) in [5.74, 6) is -0.730. The molecule has 0 aliphatic carbocycles. The lowest BCUT2D eigenvalue weighted by atomic mass is 9.94. The number of carbonyl (C=O) groups excluding carboxylic acids is 3. The third-order valence-electron chi connectivity index (χ3n) is 5.87. The van der Waals surface area contributed by atoms with E-state index in [0.717, 1.165) is 12.8 Å². The molecule has 0 bridgehead atoms. The molecular weight excluding hydrogens is 498 g/mol. The Bertz CT molecular complexity index is 1100. The van der Waals surface area contributed by atoms with Crippen LogP contribution in [0.5, 0.6) is 11.5 Å². The highest BCUT2D eigenvalue weighted by molar-refractivity contribution is 5.92. The van der Waals surface area contributed by atoms with Crippen molar-refractivity contribution >= 4 is 17.9 Å². The van der Waals surface area contributed by atoms with Gasteiger partial charge in [-0.1, -0.05) is 37.6 Å². The standard InChI is InChI=1S/C30H43N3O6/c1-8-9-18-31-26(36)25(21-12-16-23(35)17-13-21)33(29(2,3)4)27(37)24(32-28(38)39-30(5,6)7)19-20-10-14-22(34)15-11-20/h10-17,24-25,34-35H,8-9,18-19H2,1-7H3,(H,31,36)(H,32,38). The first kappa shape index (κ1) is 31.5. The molecule has 0 aliphatic heterocycles. The average Bonchev–Trinajstić information content (AvgIpc) is 2.82. The van der Waals surface area contributed by atoms with Gasteiger partial charge in [0.2, 0.25) is 11.8 Å². The van der Waals surface area contributed by atoms with Crippen LogP contribution in [-0.4, -0.2) is 56.7 Å². The van der Waals surface area contributed by atoms with Crippen molar-refractivity contribution < 1.29 is 29.3 Å². The number of rotatable bonds is 10. The van der Waals surface area contributed by atoms with Gasteiger partial charge in [0.1, 0.15) is 29.2 Å². The zero-order valence-corrected chi connectivity index (χ0v) is 24.1. The Morgan fingerprint density at radius 1 is 0.897 bits per heavy atom. The predicted molar refractivity (Wildman–Crippen MR) is 150 cm³/mol. The van der Waals surface area contributed by atoms with Gasteiger partial charge in [0.05, 0.1) is 0 Å². The topological polar surface area (TPSA) is 128 Å². The van der Waals surface area contributed by atoms with Crippen LogP contribution in [0, 0.1) is 0 Å². The van der Waals surface area contributed by atoms with E-state index in [0.29, 0.717) is 17.7 Å². The van der Waals surface area contributed by atoms with Gasteiger partial charge in [-0.05, 0) is 83.4 Å². The van der Waals surface area contributed by atoms with Crippen LogP contribution < -0.4 is 10.6 Å². The van der Waals surface area contributed by atoms with Crippen LogP contribution >= 0.6 is 0 Å². The molecule has 0 aliphatic rings. The molecule has 3 amide bonds. The van der Waals surface area contributed by atoms with E-state index < -0.39 is 35.2 Å². The number of phenols is 2. The van der Waals surface area contributed by atoms with Crippen LogP contribution in [0.1, 0.15) is 78.5 Å². The van der Waals surface area contributed by atoms with Crippen LogP contribution in [0.3, 0.4) is 0 Å². The van der Waals surface area contributed by atoms with Crippen molar-refractivity contribution in [2.24, 2.45) is 0 Å². The zero-order chi connectivity index (χ0) is 29.4. The number of carbonyl (C=O) groups is 3. The monoisotopic (exact) mass is 541 g/mol. The molecule has 0 fully saturated rings. The van der Waals surface area contributed by atoms with E-state index in [-0.39, 0.29) is 23.8 Å². The summed E-state index contributed by atoms with van der Waals surface area (Å²) in [6.07, 6.45) is 1.01. The van der Waals surface area contributed by atoms with E-state index in [1.165, 1.54) is 29.2 Å². The molecule has 0 radical (unpaired) electrons. The van der Waals surface area contributed by atoms with E-state index >= 15 is 0 Å². The number of benzene rings is 2. The maximum Gasteiger partial charge on any atom is 0.408 e. The first-order valence-electron chi connectivity index (χ1n) is 13.3. The molecule has 9 heteroatoms. The number of alkyl carbamates (subject to hydrolysis) is 1. The van der Waals surface area contributed by atoms with Crippen molar-refractivity contribution in [2.75, 3.05) is 6.54 Å². The highest BCUT2D eigenvalue weighted by Gasteiger charge is 2.41. The molecule has 2 aromatic carbocycles. The third-order valence-corrected chi connectivity index (χ3v) is 5.87. The third kappa shape index (κ3) is 9.81. The summed E-state index contributed by atoms with van der Waals surface area (Å²) in [6, 6.07) is 10.4. The number of nitrogens with zero attached hydrogens (tertiary/aromatic N) is 1. The molecule has 9 nitrogen and oxygen atoms in total. The van der Waals surface area contributed by atoms with E-state index in [9.17, 15) is 24.6 Å². The average molecular weight is 542 g/mol. The van der Waals surface area contributed by atoms with E-state index in [2.05, 4.69) is 10.6 Å². The van der Waals surface area contributed by atoms with Crippen LogP contribution in [0.4, 0.5) is 4.79 Å². The summed E-state index contributed by atoms with van der Waals surface area (Å²) in [6.45, 7) is 13.1. The van der Waals surface area contributed by atoms with Crippen molar-refractivity contribution in [3.05, 3.63) is 59.7 Å². The molecule has 0 spiro atoms. The van der Waals surface area contributed by atoms with E-state index in [1.54, 1.807) is 45.0 Å². The first-order valence-corrected chi connectivity index (χ1v) is 13.3. The highest BCUT2D eigenvalue weighted by atomic mass is 16.6. The molecular formula is C30H43N3O6. The molecule has 2 unspecified atom stereocenters. The summed E-state index contributed by atoms with van der Waals surface area (Å²) < 4.78 is 5.44. The summed E-state index contributed by atoms with van der Waals surface area (Å²) in [4.78, 5) is 42.3. The van der Waals surface area contributed by atoms with Crippen molar-refractivity contribution in [3.8, 4) is 11.5 Å². The first-order chi connectivity index (χ1) is 18.1. The maximum absolute atomic E-state index is 14.4. The van der Waals surface area contributed by atoms with Crippen molar-refractivity contribution in [1.29, 1.82) is 0 Å². The number of hydrogen-bond donors (Lipinski definition) is 4. The molecule has 2 atom stereocenters. The summed E-state index contributed by atoms with van der Waals surface area (Å²) in [5.41, 5.74) is -0.409. The van der Waals surface area contributed by atoms with Gasteiger partial charge < -0.3 is 30.5 Å². The van der Waals surface area contributed by atoms with Crippen LogP contribution in [0.15, 0.2) is 48.5 Å². The smallest absolute Gasteiger partial charge is 0.408 e. The van der Waals surface area contributed by atoms with Gasteiger partial charge in [0, 0.05) is 18.5 Å². The summed E-state index contributed by atoms with van der Waals surface area (Å²) >= 11 is 0. The number of ether oxygens (including phenoxy) is 1. The number of nitrogens with one attached hydrogen (secondary N) is 2. The van der Waals surface area contributed by atoms with Crippen molar-refractivity contribution in [3.63, 3.8) is 0 Å². The fraction of sp³-hybridized carbons (Fsp3) is 0.500.